The molecule has 308 valence electrons. The molecule has 0 aliphatic heterocycles. The maximum atomic E-state index is 14.0. The van der Waals surface area contributed by atoms with Crippen molar-refractivity contribution in [2.75, 3.05) is 10.3 Å². The number of hydrogen-bond donors (Lipinski definition) is 3. The fraction of sp³-hybridized carbons (Fsp3) is 0.314. The highest BCUT2D eigenvalue weighted by Gasteiger charge is 2.37. The van der Waals surface area contributed by atoms with Gasteiger partial charge in [-0.25, -0.2) is 13.2 Å². The Morgan fingerprint density at radius 1 is 0.786 bits per heavy atom. The van der Waals surface area contributed by atoms with Crippen LogP contribution in [0.2, 0.25) is 0 Å². The molecule has 0 aliphatic carbocycles. The molecule has 0 atom stereocenters. The minimum Gasteiger partial charge on any atom is -0.490 e. The first-order chi connectivity index (χ1) is 25.5. The van der Waals surface area contributed by atoms with E-state index in [-0.39, 0.29) is 59.0 Å². The number of carbonyl (C=O) groups excluding carboxylic acids is 1. The maximum absolute atomic E-state index is 14.0. The lowest BCUT2D eigenvalue weighted by Gasteiger charge is -2.14. The lowest BCUT2D eigenvalue weighted by atomic mass is 10.2. The van der Waals surface area contributed by atoms with Crippen molar-refractivity contribution < 1.29 is 45.3 Å². The van der Waals surface area contributed by atoms with E-state index < -0.39 is 29.4 Å². The number of hydrazone groups is 1. The van der Waals surface area contributed by atoms with Crippen LogP contribution in [-0.4, -0.2) is 46.3 Å². The van der Waals surface area contributed by atoms with E-state index in [0.29, 0.717) is 24.9 Å². The molecule has 21 heteroatoms. The molecular formula is C35H38Br3ClF6N6O5. The molecule has 3 aromatic carbocycles. The van der Waals surface area contributed by atoms with Crippen LogP contribution in [0.5, 0.6) is 17.2 Å². The second kappa shape index (κ2) is 22.8. The molecule has 0 fully saturated rings. The molecule has 4 aromatic rings. The molecule has 0 unspecified atom stereocenters. The lowest BCUT2D eigenvalue weighted by Crippen LogP contribution is -2.24. The first kappa shape index (κ1) is 50.2. The summed E-state index contributed by atoms with van der Waals surface area (Å²) in [4.78, 5) is 24.7. The van der Waals surface area contributed by atoms with Crippen molar-refractivity contribution >= 4 is 82.9 Å². The number of aryl methyl sites for hydroxylation is 1. The number of ketones is 1. The number of benzene rings is 3. The Balaban J connectivity index is 0.000000425. The molecule has 0 aliphatic rings. The van der Waals surface area contributed by atoms with Gasteiger partial charge in [0.2, 0.25) is 0 Å². The molecule has 0 bridgehead atoms. The standard InChI is InChI=1S/C14H14BrFN2O2.C12H11BrF4N2O2.C9H10BrClFNO.H3N/c1-8(2)20-13-6-12(11(16)5-10(13)15)18-14(19)4-9(3)7-17-18;1-6(2)21-10-4-9(8(14)3-7(10)13)19-18-5-11(20)12(15,16)17;1-5(2)14-9-4-8(13-11)7(12)3-6(9)10;/h4-8H,1-3H3;3-6,19H,1-2H3;3-5,13H,1-2H3;1H3/b;18-5-;;. The Bertz CT molecular complexity index is 2040. The van der Waals surface area contributed by atoms with E-state index >= 15 is 0 Å². The van der Waals surface area contributed by atoms with Crippen LogP contribution in [0.25, 0.3) is 5.69 Å². The second-order valence-electron chi connectivity index (χ2n) is 11.9. The summed E-state index contributed by atoms with van der Waals surface area (Å²) >= 11 is 14.9. The van der Waals surface area contributed by atoms with Gasteiger partial charge < -0.3 is 20.4 Å². The van der Waals surface area contributed by atoms with E-state index in [2.05, 4.69) is 62.8 Å². The number of carbonyl (C=O) groups is 1. The van der Waals surface area contributed by atoms with Crippen LogP contribution in [0.15, 0.2) is 72.0 Å². The maximum Gasteiger partial charge on any atom is 0.455 e. The van der Waals surface area contributed by atoms with Gasteiger partial charge in [-0.3, -0.25) is 19.9 Å². The van der Waals surface area contributed by atoms with E-state index in [9.17, 15) is 35.9 Å². The van der Waals surface area contributed by atoms with Crippen LogP contribution in [0.4, 0.5) is 37.7 Å². The third-order valence-corrected chi connectivity index (χ3v) is 8.11. The molecule has 0 saturated carbocycles. The fourth-order valence-corrected chi connectivity index (χ4v) is 5.21. The van der Waals surface area contributed by atoms with Crippen molar-refractivity contribution in [1.29, 1.82) is 0 Å². The first-order valence-corrected chi connectivity index (χ1v) is 18.6. The summed E-state index contributed by atoms with van der Waals surface area (Å²) in [6, 6.07) is 9.23. The number of aromatic nitrogens is 2. The van der Waals surface area contributed by atoms with Crippen molar-refractivity contribution in [2.24, 2.45) is 5.10 Å². The highest BCUT2D eigenvalue weighted by Crippen LogP contribution is 2.33. The van der Waals surface area contributed by atoms with Gasteiger partial charge in [0.25, 0.3) is 11.3 Å². The number of halogens is 10. The Hall–Kier alpha value is -3.85. The summed E-state index contributed by atoms with van der Waals surface area (Å²) < 4.78 is 95.4. The van der Waals surface area contributed by atoms with Crippen LogP contribution in [-0.2, 0) is 4.79 Å². The van der Waals surface area contributed by atoms with Crippen molar-refractivity contribution in [1.82, 2.24) is 15.9 Å². The zero-order chi connectivity index (χ0) is 41.8. The van der Waals surface area contributed by atoms with Crippen LogP contribution in [0.1, 0.15) is 47.1 Å². The van der Waals surface area contributed by atoms with E-state index in [1.165, 1.54) is 42.6 Å². The minimum atomic E-state index is -5.02. The normalized spacial score (nSPS) is 11.0. The third kappa shape index (κ3) is 16.0. The molecule has 0 radical (unpaired) electrons. The number of hydrogen-bond acceptors (Lipinski definition) is 10. The number of alkyl halides is 3. The quantitative estimate of drug-likeness (QED) is 0.0577. The largest absolute Gasteiger partial charge is 0.490 e. The summed E-state index contributed by atoms with van der Waals surface area (Å²) in [6.45, 7) is 12.8. The predicted octanol–water partition coefficient (Wildman–Crippen LogP) is 11.2. The summed E-state index contributed by atoms with van der Waals surface area (Å²) in [5.74, 6) is -2.59. The number of anilines is 2. The van der Waals surface area contributed by atoms with Crippen molar-refractivity contribution in [3.05, 3.63) is 95.4 Å². The summed E-state index contributed by atoms with van der Waals surface area (Å²) in [5.41, 5.74) is 2.41. The van der Waals surface area contributed by atoms with Gasteiger partial charge >= 0.3 is 6.18 Å². The van der Waals surface area contributed by atoms with Crippen molar-refractivity contribution in [3.8, 4) is 22.9 Å². The molecule has 0 spiro atoms. The molecule has 11 nitrogen and oxygen atoms in total. The molecule has 1 heterocycles. The Morgan fingerprint density at radius 2 is 1.21 bits per heavy atom. The van der Waals surface area contributed by atoms with Crippen LogP contribution >= 0.6 is 59.6 Å². The lowest BCUT2D eigenvalue weighted by molar-refractivity contribution is -0.162. The SMILES string of the molecule is CC(C)Oc1cc(N/N=C\C(=O)C(F)(F)F)c(F)cc1Br.CC(C)Oc1cc(NCl)c(F)cc1Br.Cc1cnn(-c2cc(OC(C)C)c(Br)cc2F)c(=O)c1.N. The van der Waals surface area contributed by atoms with Gasteiger partial charge in [0.05, 0.1) is 55.5 Å². The predicted molar refractivity (Wildman–Crippen MR) is 215 cm³/mol. The molecule has 5 N–H and O–H groups in total. The van der Waals surface area contributed by atoms with E-state index in [0.717, 1.165) is 16.3 Å². The number of nitrogens with one attached hydrogen (secondary N) is 2. The van der Waals surface area contributed by atoms with Crippen LogP contribution in [0.3, 0.4) is 0 Å². The molecule has 56 heavy (non-hydrogen) atoms. The Labute approximate surface area is 349 Å². The summed E-state index contributed by atoms with van der Waals surface area (Å²) in [6.07, 6.45) is -3.70. The monoisotopic (exact) mass is 1010 g/mol. The van der Waals surface area contributed by atoms with Crippen molar-refractivity contribution in [3.63, 3.8) is 0 Å². The van der Waals surface area contributed by atoms with Gasteiger partial charge in [-0.2, -0.15) is 28.1 Å². The average molecular weight is 1010 g/mol. The highest BCUT2D eigenvalue weighted by atomic mass is 79.9. The first-order valence-electron chi connectivity index (χ1n) is 15.8. The van der Waals surface area contributed by atoms with Gasteiger partial charge in [0, 0.05) is 36.0 Å². The highest BCUT2D eigenvalue weighted by molar-refractivity contribution is 9.11. The average Bonchev–Trinajstić information content (AvgIpc) is 3.05. The number of ether oxygens (including phenoxy) is 3. The van der Waals surface area contributed by atoms with Gasteiger partial charge in [0.1, 0.15) is 40.4 Å². The summed E-state index contributed by atoms with van der Waals surface area (Å²) in [7, 11) is 0. The second-order valence-corrected chi connectivity index (χ2v) is 14.6. The zero-order valence-corrected chi connectivity index (χ0v) is 36.3. The third-order valence-electron chi connectivity index (χ3n) is 6.05. The molecule has 4 rings (SSSR count). The number of Topliss-reactive ketones (excluding diaryl/α,β-unsaturated/α-hetero) is 1. The topological polar surface area (TPSA) is 151 Å². The van der Waals surface area contributed by atoms with E-state index in [1.807, 2.05) is 33.1 Å². The van der Waals surface area contributed by atoms with Gasteiger partial charge in [-0.15, -0.1) is 0 Å². The molecular weight excluding hydrogens is 974 g/mol. The summed E-state index contributed by atoms with van der Waals surface area (Å²) in [5, 5.41) is 7.02. The van der Waals surface area contributed by atoms with Gasteiger partial charge in [0.15, 0.2) is 0 Å². The molecule has 0 amide bonds. The smallest absolute Gasteiger partial charge is 0.455 e. The number of rotatable bonds is 11. The molecule has 0 saturated heterocycles. The minimum absolute atomic E-state index is 0. The van der Waals surface area contributed by atoms with Gasteiger partial charge in [-0.1, -0.05) is 0 Å². The van der Waals surface area contributed by atoms with Gasteiger partial charge in [-0.05, 0) is 120 Å². The number of nitrogens with zero attached hydrogens (tertiary/aromatic N) is 3. The van der Waals surface area contributed by atoms with E-state index in [4.69, 9.17) is 26.0 Å². The Kier molecular flexibility index (Phi) is 20.4. The molecule has 1 aromatic heterocycles. The fourth-order valence-electron chi connectivity index (χ4n) is 3.84. The zero-order valence-electron chi connectivity index (χ0n) is 30.8. The van der Waals surface area contributed by atoms with E-state index in [1.54, 1.807) is 20.8 Å². The van der Waals surface area contributed by atoms with Crippen LogP contribution < -0.4 is 36.2 Å². The van der Waals surface area contributed by atoms with Crippen molar-refractivity contribution in [2.45, 2.75) is 73.0 Å². The van der Waals surface area contributed by atoms with Crippen LogP contribution in [0, 0.1) is 24.4 Å². The Morgan fingerprint density at radius 3 is 1.64 bits per heavy atom.